The van der Waals surface area contributed by atoms with Gasteiger partial charge in [0.2, 0.25) is 0 Å². The molecule has 3 aromatic rings. The molecular formula is C19H17F3N2O3S. The molecule has 0 atom stereocenters. The number of carbonyl (C=O) groups excluding carboxylic acids is 1. The first kappa shape index (κ1) is 19.9. The van der Waals surface area contributed by atoms with Crippen LogP contribution in [0.3, 0.4) is 0 Å². The van der Waals surface area contributed by atoms with E-state index in [1.807, 2.05) is 36.5 Å². The van der Waals surface area contributed by atoms with Gasteiger partial charge in [0.05, 0.1) is 4.90 Å². The summed E-state index contributed by atoms with van der Waals surface area (Å²) in [7, 11) is -5.42. The van der Waals surface area contributed by atoms with Gasteiger partial charge in [0.25, 0.3) is 15.7 Å². The zero-order valence-electron chi connectivity index (χ0n) is 14.6. The predicted molar refractivity (Wildman–Crippen MR) is 98.6 cm³/mol. The molecule has 0 saturated carbocycles. The molecule has 0 radical (unpaired) electrons. The Morgan fingerprint density at radius 2 is 1.68 bits per heavy atom. The van der Waals surface area contributed by atoms with Gasteiger partial charge >= 0.3 is 5.51 Å². The fourth-order valence-corrected chi connectivity index (χ4v) is 3.57. The largest absolute Gasteiger partial charge is 0.501 e. The van der Waals surface area contributed by atoms with E-state index >= 15 is 0 Å². The van der Waals surface area contributed by atoms with E-state index in [1.54, 1.807) is 0 Å². The second-order valence-electron chi connectivity index (χ2n) is 6.15. The minimum atomic E-state index is -5.42. The number of benzene rings is 2. The van der Waals surface area contributed by atoms with Crippen LogP contribution < -0.4 is 5.32 Å². The van der Waals surface area contributed by atoms with Crippen molar-refractivity contribution in [2.24, 2.45) is 0 Å². The molecule has 0 aliphatic carbocycles. The van der Waals surface area contributed by atoms with Crippen molar-refractivity contribution < 1.29 is 26.4 Å². The third kappa shape index (κ3) is 4.04. The van der Waals surface area contributed by atoms with Gasteiger partial charge in [-0.25, -0.2) is 8.42 Å². The van der Waals surface area contributed by atoms with Gasteiger partial charge in [0.15, 0.2) is 0 Å². The van der Waals surface area contributed by atoms with Crippen LogP contribution in [0.1, 0.15) is 16.8 Å². The van der Waals surface area contributed by atoms with E-state index in [-0.39, 0.29) is 5.56 Å². The molecule has 148 valence electrons. The van der Waals surface area contributed by atoms with E-state index in [4.69, 9.17) is 0 Å². The molecule has 0 aliphatic rings. The summed E-state index contributed by atoms with van der Waals surface area (Å²) in [5, 5.41) is 3.80. The lowest BCUT2D eigenvalue weighted by Crippen LogP contribution is -2.26. The molecule has 0 bridgehead atoms. The first-order chi connectivity index (χ1) is 13.2. The monoisotopic (exact) mass is 410 g/mol. The summed E-state index contributed by atoms with van der Waals surface area (Å²) >= 11 is 0. The van der Waals surface area contributed by atoms with Gasteiger partial charge in [0.1, 0.15) is 0 Å². The zero-order valence-corrected chi connectivity index (χ0v) is 15.4. The molecule has 28 heavy (non-hydrogen) atoms. The van der Waals surface area contributed by atoms with Gasteiger partial charge in [-0.3, -0.25) is 4.79 Å². The Hall–Kier alpha value is -2.81. The van der Waals surface area contributed by atoms with E-state index in [0.29, 0.717) is 19.5 Å². The summed E-state index contributed by atoms with van der Waals surface area (Å²) in [5.74, 6) is -0.478. The third-order valence-corrected chi connectivity index (χ3v) is 5.78. The number of hydrogen-bond donors (Lipinski definition) is 1. The topological polar surface area (TPSA) is 68.2 Å². The summed E-state index contributed by atoms with van der Waals surface area (Å²) in [6.45, 7) is 1.06. The molecule has 2 aromatic carbocycles. The molecule has 5 nitrogen and oxygen atoms in total. The molecule has 0 unspecified atom stereocenters. The Kier molecular flexibility index (Phi) is 5.46. The molecule has 1 N–H and O–H groups in total. The molecule has 0 aliphatic heterocycles. The van der Waals surface area contributed by atoms with Crippen molar-refractivity contribution in [3.63, 3.8) is 0 Å². The number of halogens is 3. The van der Waals surface area contributed by atoms with Crippen molar-refractivity contribution in [1.82, 2.24) is 9.88 Å². The molecule has 1 heterocycles. The highest BCUT2D eigenvalue weighted by molar-refractivity contribution is 7.92. The van der Waals surface area contributed by atoms with Crippen molar-refractivity contribution in [3.05, 3.63) is 66.4 Å². The van der Waals surface area contributed by atoms with E-state index in [9.17, 15) is 26.4 Å². The van der Waals surface area contributed by atoms with Gasteiger partial charge in [-0.2, -0.15) is 13.2 Å². The number of rotatable bonds is 6. The van der Waals surface area contributed by atoms with Crippen LogP contribution in [0, 0.1) is 0 Å². The van der Waals surface area contributed by atoms with Crippen molar-refractivity contribution in [1.29, 1.82) is 0 Å². The molecule has 0 saturated heterocycles. The second-order valence-corrected chi connectivity index (χ2v) is 8.09. The number of para-hydroxylation sites is 1. The summed E-state index contributed by atoms with van der Waals surface area (Å²) in [5.41, 5.74) is -4.19. The SMILES string of the molecule is O=C(NCCCn1ccc2ccccc21)c1ccc(S(=O)(=O)C(F)(F)F)cc1. The maximum absolute atomic E-state index is 12.5. The number of nitrogens with one attached hydrogen (secondary N) is 1. The minimum absolute atomic E-state index is 0.0903. The molecule has 9 heteroatoms. The highest BCUT2D eigenvalue weighted by Gasteiger charge is 2.46. The average Bonchev–Trinajstić information content (AvgIpc) is 3.07. The van der Waals surface area contributed by atoms with Gasteiger partial charge in [0, 0.05) is 30.4 Å². The molecule has 0 spiro atoms. The van der Waals surface area contributed by atoms with E-state index in [2.05, 4.69) is 9.88 Å². The van der Waals surface area contributed by atoms with E-state index in [0.717, 1.165) is 35.2 Å². The first-order valence-electron chi connectivity index (χ1n) is 8.43. The fraction of sp³-hybridized carbons (Fsp3) is 0.211. The molecular weight excluding hydrogens is 393 g/mol. The Labute approximate surface area is 159 Å². The van der Waals surface area contributed by atoms with Crippen LogP contribution >= 0.6 is 0 Å². The highest BCUT2D eigenvalue weighted by atomic mass is 32.2. The smallest absolute Gasteiger partial charge is 0.352 e. The number of sulfone groups is 1. The predicted octanol–water partition coefficient (Wildman–Crippen LogP) is 3.75. The van der Waals surface area contributed by atoms with Crippen LogP contribution in [-0.2, 0) is 16.4 Å². The highest BCUT2D eigenvalue weighted by Crippen LogP contribution is 2.30. The summed E-state index contributed by atoms with van der Waals surface area (Å²) < 4.78 is 62.3. The number of nitrogens with zero attached hydrogens (tertiary/aromatic N) is 1. The van der Waals surface area contributed by atoms with Crippen LogP contribution in [0.25, 0.3) is 10.9 Å². The Morgan fingerprint density at radius 1 is 1.00 bits per heavy atom. The molecule has 1 aromatic heterocycles. The lowest BCUT2D eigenvalue weighted by Gasteiger charge is -2.09. The number of fused-ring (bicyclic) bond motifs is 1. The summed E-state index contributed by atoms with van der Waals surface area (Å²) in [6.07, 6.45) is 2.62. The normalized spacial score (nSPS) is 12.2. The van der Waals surface area contributed by atoms with Crippen LogP contribution in [0.15, 0.2) is 65.7 Å². The van der Waals surface area contributed by atoms with Crippen molar-refractivity contribution in [2.45, 2.75) is 23.4 Å². The van der Waals surface area contributed by atoms with Crippen LogP contribution in [0.2, 0.25) is 0 Å². The van der Waals surface area contributed by atoms with Crippen molar-refractivity contribution in [3.8, 4) is 0 Å². The summed E-state index contributed by atoms with van der Waals surface area (Å²) in [6, 6.07) is 13.6. The van der Waals surface area contributed by atoms with Crippen molar-refractivity contribution >= 4 is 26.6 Å². The number of hydrogen-bond acceptors (Lipinski definition) is 3. The van der Waals surface area contributed by atoms with Crippen LogP contribution in [0.5, 0.6) is 0 Å². The zero-order chi connectivity index (χ0) is 20.4. The van der Waals surface area contributed by atoms with Gasteiger partial charge in [-0.1, -0.05) is 18.2 Å². The standard InChI is InChI=1S/C19H17F3N2O3S/c20-19(21,22)28(26,27)16-8-6-15(7-9-16)18(25)23-11-3-12-24-13-10-14-4-1-2-5-17(14)24/h1-2,4-10,13H,3,11-12H2,(H,23,25). The molecule has 0 fully saturated rings. The third-order valence-electron chi connectivity index (χ3n) is 4.27. The number of amides is 1. The Bertz CT molecular complexity index is 1090. The van der Waals surface area contributed by atoms with Gasteiger partial charge in [-0.05, 0) is 48.2 Å². The van der Waals surface area contributed by atoms with Crippen LogP contribution in [-0.4, -0.2) is 30.9 Å². The minimum Gasteiger partial charge on any atom is -0.352 e. The summed E-state index contributed by atoms with van der Waals surface area (Å²) in [4.78, 5) is 11.2. The molecule has 3 rings (SSSR count). The first-order valence-corrected chi connectivity index (χ1v) is 9.92. The van der Waals surface area contributed by atoms with Crippen LogP contribution in [0.4, 0.5) is 13.2 Å². The average molecular weight is 410 g/mol. The van der Waals surface area contributed by atoms with E-state index in [1.165, 1.54) is 0 Å². The van der Waals surface area contributed by atoms with Gasteiger partial charge in [-0.15, -0.1) is 0 Å². The maximum Gasteiger partial charge on any atom is 0.501 e. The Morgan fingerprint density at radius 3 is 2.36 bits per heavy atom. The lowest BCUT2D eigenvalue weighted by molar-refractivity contribution is -0.0436. The quantitative estimate of drug-likeness (QED) is 0.630. The van der Waals surface area contributed by atoms with Crippen molar-refractivity contribution in [2.75, 3.05) is 6.54 Å². The molecule has 1 amide bonds. The fourth-order valence-electron chi connectivity index (χ4n) is 2.81. The van der Waals surface area contributed by atoms with E-state index < -0.39 is 26.1 Å². The second kappa shape index (κ2) is 7.67. The maximum atomic E-state index is 12.5. The number of alkyl halides is 3. The lowest BCUT2D eigenvalue weighted by atomic mass is 10.2. The number of carbonyl (C=O) groups is 1. The number of aryl methyl sites for hydroxylation is 1. The van der Waals surface area contributed by atoms with Gasteiger partial charge < -0.3 is 9.88 Å². The Balaban J connectivity index is 1.55. The number of aromatic nitrogens is 1.